The molecule has 0 unspecified atom stereocenters. The van der Waals surface area contributed by atoms with Crippen LogP contribution in [0, 0.1) is 17.8 Å². The number of thioether (sulfide) groups is 1. The van der Waals surface area contributed by atoms with Crippen LogP contribution in [0.3, 0.4) is 0 Å². The first-order valence-corrected chi connectivity index (χ1v) is 7.15. The maximum absolute atomic E-state index is 8.71. The fraction of sp³-hybridized carbons (Fsp3) is 0.467. The molecule has 1 N–H and O–H groups in total. The van der Waals surface area contributed by atoms with Crippen molar-refractivity contribution in [2.45, 2.75) is 26.0 Å². The highest BCUT2D eigenvalue weighted by molar-refractivity contribution is 7.98. The lowest BCUT2D eigenvalue weighted by Gasteiger charge is -2.06. The first-order chi connectivity index (χ1) is 8.24. The van der Waals surface area contributed by atoms with Gasteiger partial charge in [0.1, 0.15) is 0 Å². The van der Waals surface area contributed by atoms with Crippen LogP contribution < -0.4 is 0 Å². The van der Waals surface area contributed by atoms with Gasteiger partial charge in [0.05, 0.1) is 6.61 Å². The number of hydrogen-bond donors (Lipinski definition) is 1. The quantitative estimate of drug-likeness (QED) is 0.807. The highest BCUT2D eigenvalue weighted by Gasteiger charge is 2.00. The van der Waals surface area contributed by atoms with Gasteiger partial charge in [-0.2, -0.15) is 11.8 Å². The summed E-state index contributed by atoms with van der Waals surface area (Å²) in [7, 11) is 0. The lowest BCUT2D eigenvalue weighted by molar-refractivity contribution is 0.305. The van der Waals surface area contributed by atoms with E-state index in [4.69, 9.17) is 5.11 Å². The first-order valence-electron chi connectivity index (χ1n) is 5.99. The van der Waals surface area contributed by atoms with Gasteiger partial charge in [-0.25, -0.2) is 0 Å². The molecule has 0 spiro atoms. The van der Waals surface area contributed by atoms with E-state index < -0.39 is 0 Å². The molecule has 0 aliphatic carbocycles. The Kier molecular flexibility index (Phi) is 6.84. The molecule has 0 saturated carbocycles. The normalized spacial score (nSPS) is 10.1. The zero-order valence-electron chi connectivity index (χ0n) is 10.6. The van der Waals surface area contributed by atoms with Crippen molar-refractivity contribution in [3.8, 4) is 11.8 Å². The topological polar surface area (TPSA) is 20.2 Å². The molecule has 1 aromatic rings. The third-order valence-electron chi connectivity index (χ3n) is 2.19. The van der Waals surface area contributed by atoms with Gasteiger partial charge in [-0.05, 0) is 23.3 Å². The van der Waals surface area contributed by atoms with Crippen LogP contribution in [0.15, 0.2) is 24.3 Å². The summed E-state index contributed by atoms with van der Waals surface area (Å²) in [6.45, 7) is 4.61. The number of benzene rings is 1. The van der Waals surface area contributed by atoms with E-state index in [1.54, 1.807) is 0 Å². The molecule has 92 valence electrons. The molecule has 0 bridgehead atoms. The van der Waals surface area contributed by atoms with E-state index in [1.807, 2.05) is 17.8 Å². The van der Waals surface area contributed by atoms with Crippen LogP contribution in [-0.2, 0) is 5.75 Å². The summed E-state index contributed by atoms with van der Waals surface area (Å²) in [5, 5.41) is 8.71. The Morgan fingerprint density at radius 2 is 2.06 bits per heavy atom. The summed E-state index contributed by atoms with van der Waals surface area (Å²) in [5.74, 6) is 9.03. The van der Waals surface area contributed by atoms with E-state index in [1.165, 1.54) is 11.3 Å². The molecule has 0 aliphatic heterocycles. The average molecular weight is 248 g/mol. The maximum atomic E-state index is 8.71. The minimum Gasteiger partial charge on any atom is -0.395 e. The van der Waals surface area contributed by atoms with E-state index in [2.05, 4.69) is 43.9 Å². The van der Waals surface area contributed by atoms with Gasteiger partial charge in [-0.3, -0.25) is 0 Å². The van der Waals surface area contributed by atoms with Crippen LogP contribution in [0.5, 0.6) is 0 Å². The zero-order valence-corrected chi connectivity index (χ0v) is 11.4. The standard InChI is InChI=1S/C15H20OS/c1-13(2)11-17-12-15-9-4-3-7-14(15)8-5-6-10-16/h3-4,7,9,13,16H,6,10-12H2,1-2H3. The second kappa shape index (κ2) is 8.22. The lowest BCUT2D eigenvalue weighted by Crippen LogP contribution is -1.93. The third kappa shape index (κ3) is 5.81. The highest BCUT2D eigenvalue weighted by Crippen LogP contribution is 2.18. The molecule has 2 heteroatoms. The molecule has 1 rings (SSSR count). The van der Waals surface area contributed by atoms with E-state index in [0.717, 1.165) is 17.2 Å². The first kappa shape index (κ1) is 14.2. The van der Waals surface area contributed by atoms with E-state index >= 15 is 0 Å². The number of rotatable bonds is 5. The summed E-state index contributed by atoms with van der Waals surface area (Å²) in [6, 6.07) is 8.26. The Morgan fingerprint density at radius 3 is 2.76 bits per heavy atom. The molecule has 0 aromatic heterocycles. The molecule has 0 fully saturated rings. The monoisotopic (exact) mass is 248 g/mol. The predicted octanol–water partition coefficient (Wildman–Crippen LogP) is 3.31. The van der Waals surface area contributed by atoms with Gasteiger partial charge >= 0.3 is 0 Å². The van der Waals surface area contributed by atoms with Gasteiger partial charge in [0, 0.05) is 17.7 Å². The largest absolute Gasteiger partial charge is 0.395 e. The van der Waals surface area contributed by atoms with Crippen LogP contribution in [0.25, 0.3) is 0 Å². The van der Waals surface area contributed by atoms with Crippen LogP contribution >= 0.6 is 11.8 Å². The minimum atomic E-state index is 0.136. The fourth-order valence-corrected chi connectivity index (χ4v) is 2.45. The van der Waals surface area contributed by atoms with Gasteiger partial charge in [0.15, 0.2) is 0 Å². The van der Waals surface area contributed by atoms with Gasteiger partial charge < -0.3 is 5.11 Å². The highest BCUT2D eigenvalue weighted by atomic mass is 32.2. The molecule has 0 heterocycles. The summed E-state index contributed by atoms with van der Waals surface area (Å²) >= 11 is 1.95. The van der Waals surface area contributed by atoms with Gasteiger partial charge in [0.2, 0.25) is 0 Å². The Morgan fingerprint density at radius 1 is 1.29 bits per heavy atom. The zero-order chi connectivity index (χ0) is 12.5. The Balaban J connectivity index is 2.62. The molecule has 0 radical (unpaired) electrons. The summed E-state index contributed by atoms with van der Waals surface area (Å²) in [4.78, 5) is 0. The Hall–Kier alpha value is -0.910. The molecular weight excluding hydrogens is 228 g/mol. The molecule has 17 heavy (non-hydrogen) atoms. The van der Waals surface area contributed by atoms with Crippen LogP contribution in [0.4, 0.5) is 0 Å². The fourth-order valence-electron chi connectivity index (χ4n) is 1.39. The molecule has 1 aromatic carbocycles. The Bertz CT molecular complexity index is 387. The van der Waals surface area contributed by atoms with Crippen molar-refractivity contribution in [3.05, 3.63) is 35.4 Å². The smallest absolute Gasteiger partial charge is 0.0540 e. The second-order valence-corrected chi connectivity index (χ2v) is 5.37. The Labute approximate surface area is 109 Å². The van der Waals surface area contributed by atoms with E-state index in [0.29, 0.717) is 6.42 Å². The SMILES string of the molecule is CC(C)CSCc1ccccc1C#CCCO. The van der Waals surface area contributed by atoms with Crippen LogP contribution in [-0.4, -0.2) is 17.5 Å². The van der Waals surface area contributed by atoms with Crippen molar-refractivity contribution < 1.29 is 5.11 Å². The van der Waals surface area contributed by atoms with Gasteiger partial charge in [0.25, 0.3) is 0 Å². The molecule has 0 atom stereocenters. The lowest BCUT2D eigenvalue weighted by atomic mass is 10.1. The summed E-state index contributed by atoms with van der Waals surface area (Å²) < 4.78 is 0. The number of aliphatic hydroxyl groups excluding tert-OH is 1. The van der Waals surface area contributed by atoms with Crippen molar-refractivity contribution in [1.29, 1.82) is 0 Å². The maximum Gasteiger partial charge on any atom is 0.0540 e. The minimum absolute atomic E-state index is 0.136. The average Bonchev–Trinajstić information content (AvgIpc) is 2.31. The van der Waals surface area contributed by atoms with Gasteiger partial charge in [-0.1, -0.05) is 43.9 Å². The van der Waals surface area contributed by atoms with Crippen LogP contribution in [0.2, 0.25) is 0 Å². The van der Waals surface area contributed by atoms with Crippen molar-refractivity contribution in [3.63, 3.8) is 0 Å². The van der Waals surface area contributed by atoms with Crippen molar-refractivity contribution in [2.24, 2.45) is 5.92 Å². The van der Waals surface area contributed by atoms with Gasteiger partial charge in [-0.15, -0.1) is 0 Å². The molecular formula is C15H20OS. The van der Waals surface area contributed by atoms with Crippen LogP contribution in [0.1, 0.15) is 31.4 Å². The summed E-state index contributed by atoms with van der Waals surface area (Å²) in [6.07, 6.45) is 0.549. The van der Waals surface area contributed by atoms with Crippen molar-refractivity contribution in [1.82, 2.24) is 0 Å². The predicted molar refractivity (Wildman–Crippen MR) is 76.0 cm³/mol. The third-order valence-corrected chi connectivity index (χ3v) is 3.60. The van der Waals surface area contributed by atoms with E-state index in [-0.39, 0.29) is 6.61 Å². The second-order valence-electron chi connectivity index (χ2n) is 4.34. The number of aliphatic hydroxyl groups is 1. The molecule has 0 aliphatic rings. The molecule has 0 amide bonds. The molecule has 0 saturated heterocycles. The van der Waals surface area contributed by atoms with E-state index in [9.17, 15) is 0 Å². The number of hydrogen-bond acceptors (Lipinski definition) is 2. The van der Waals surface area contributed by atoms with Crippen molar-refractivity contribution in [2.75, 3.05) is 12.4 Å². The summed E-state index contributed by atoms with van der Waals surface area (Å²) in [5.41, 5.74) is 2.39. The van der Waals surface area contributed by atoms with Crippen molar-refractivity contribution >= 4 is 11.8 Å². The molecule has 1 nitrogen and oxygen atoms in total.